The summed E-state index contributed by atoms with van der Waals surface area (Å²) in [7, 11) is 0. The molecule has 19 nitrogen and oxygen atoms in total. The Morgan fingerprint density at radius 2 is 1.15 bits per heavy atom. The van der Waals surface area contributed by atoms with Crippen LogP contribution in [0, 0.1) is 0 Å². The third kappa shape index (κ3) is 22.2. The van der Waals surface area contributed by atoms with Crippen LogP contribution in [-0.2, 0) is 59.2 Å². The van der Waals surface area contributed by atoms with Gasteiger partial charge in [-0.1, -0.05) is 82.7 Å². The van der Waals surface area contributed by atoms with Crippen LogP contribution < -0.4 is 31.9 Å². The predicted molar refractivity (Wildman–Crippen MR) is 215 cm³/mol. The Hall–Kier alpha value is -5.59. The number of unbranched alkanes of at least 4 members (excludes halogenated alkanes) is 6. The van der Waals surface area contributed by atoms with Crippen molar-refractivity contribution in [2.24, 2.45) is 0 Å². The van der Waals surface area contributed by atoms with Gasteiger partial charge < -0.3 is 51.2 Å². The molecule has 0 aromatic heterocycles. The number of carbonyl (C=O) groups excluding carboxylic acids is 9. The number of nitrogens with zero attached hydrogens (tertiary/aromatic N) is 2. The first-order valence-electron chi connectivity index (χ1n) is 20.4. The number of hydrogen-bond acceptors (Lipinski definition) is 11. The summed E-state index contributed by atoms with van der Waals surface area (Å²) in [5.74, 6) is -5.25. The molecule has 0 unspecified atom stereocenters. The molecule has 0 spiro atoms. The van der Waals surface area contributed by atoms with E-state index in [0.717, 1.165) is 56.9 Å². The standard InChI is InChI=1S/C40H62N8O11/c1-3-5-7-12-18-47(19-13-8-6-4-2)38(55)29-58-28-36(53)43-23-32(49)41-21-33(50)44-25-37(54)48-20-14-17-31(48)40(57)46-24-35(52)42-22-34(51)45-26-39(56)59-27-30-15-10-9-11-16-30/h9-11,15-16,31H,3-8,12-14,17-29H2,1-2H3,(H,41,49)(H,42,52)(H,43,53)(H,44,50)(H,45,51)(H,46,57)/t31-/m0/s1. The first-order chi connectivity index (χ1) is 28.4. The first-order valence-corrected chi connectivity index (χ1v) is 20.4. The van der Waals surface area contributed by atoms with Crippen molar-refractivity contribution in [1.82, 2.24) is 41.7 Å². The smallest absolute Gasteiger partial charge is 0.325 e. The van der Waals surface area contributed by atoms with Gasteiger partial charge in [0.25, 0.3) is 0 Å². The first kappa shape index (κ1) is 49.6. The van der Waals surface area contributed by atoms with Gasteiger partial charge in [-0.15, -0.1) is 0 Å². The second kappa shape index (κ2) is 29.6. The van der Waals surface area contributed by atoms with Gasteiger partial charge in [-0.25, -0.2) is 0 Å². The van der Waals surface area contributed by atoms with E-state index < -0.39 is 99.2 Å². The highest BCUT2D eigenvalue weighted by Crippen LogP contribution is 2.17. The minimum atomic E-state index is -0.882. The molecule has 0 bridgehead atoms. The third-order valence-electron chi connectivity index (χ3n) is 9.12. The van der Waals surface area contributed by atoms with Crippen LogP contribution in [0.2, 0.25) is 0 Å². The molecule has 2 rings (SSSR count). The van der Waals surface area contributed by atoms with E-state index in [-0.39, 0.29) is 25.7 Å². The Bertz CT molecular complexity index is 1520. The van der Waals surface area contributed by atoms with Crippen molar-refractivity contribution in [3.63, 3.8) is 0 Å². The van der Waals surface area contributed by atoms with Gasteiger partial charge >= 0.3 is 5.97 Å². The zero-order chi connectivity index (χ0) is 43.3. The number of likely N-dealkylation sites (tertiary alicyclic amines) is 1. The molecule has 328 valence electrons. The lowest BCUT2D eigenvalue weighted by Gasteiger charge is -2.24. The average molecular weight is 831 g/mol. The molecule has 0 saturated carbocycles. The van der Waals surface area contributed by atoms with Crippen LogP contribution in [0.4, 0.5) is 0 Å². The van der Waals surface area contributed by atoms with Gasteiger partial charge in [0.1, 0.15) is 32.4 Å². The highest BCUT2D eigenvalue weighted by Gasteiger charge is 2.34. The van der Waals surface area contributed by atoms with Crippen LogP contribution >= 0.6 is 0 Å². The molecule has 1 aliphatic heterocycles. The molecule has 1 fully saturated rings. The molecule has 0 aliphatic carbocycles. The van der Waals surface area contributed by atoms with E-state index in [9.17, 15) is 43.2 Å². The Balaban J connectivity index is 1.59. The van der Waals surface area contributed by atoms with Gasteiger partial charge in [0, 0.05) is 19.6 Å². The lowest BCUT2D eigenvalue weighted by Crippen LogP contribution is -2.51. The van der Waals surface area contributed by atoms with Gasteiger partial charge in [0.15, 0.2) is 0 Å². The number of ether oxygens (including phenoxy) is 2. The molecule has 1 saturated heterocycles. The lowest BCUT2D eigenvalue weighted by molar-refractivity contribution is -0.145. The van der Waals surface area contributed by atoms with Crippen LogP contribution in [0.15, 0.2) is 30.3 Å². The minimum Gasteiger partial charge on any atom is -0.460 e. The van der Waals surface area contributed by atoms with Crippen LogP contribution in [0.5, 0.6) is 0 Å². The number of nitrogens with one attached hydrogen (secondary N) is 6. The summed E-state index contributed by atoms with van der Waals surface area (Å²) in [6, 6.07) is 8.11. The topological polar surface area (TPSA) is 251 Å². The zero-order valence-corrected chi connectivity index (χ0v) is 34.4. The van der Waals surface area contributed by atoms with Crippen LogP contribution in [0.25, 0.3) is 0 Å². The molecular formula is C40H62N8O11. The highest BCUT2D eigenvalue weighted by atomic mass is 16.5. The maximum atomic E-state index is 12.8. The average Bonchev–Trinajstić information content (AvgIpc) is 3.74. The summed E-state index contributed by atoms with van der Waals surface area (Å²) in [4.78, 5) is 114. The summed E-state index contributed by atoms with van der Waals surface area (Å²) >= 11 is 0. The van der Waals surface area contributed by atoms with E-state index >= 15 is 0 Å². The molecule has 1 aromatic rings. The molecule has 6 N–H and O–H groups in total. The molecule has 1 atom stereocenters. The van der Waals surface area contributed by atoms with Crippen molar-refractivity contribution in [2.75, 3.05) is 72.1 Å². The predicted octanol–water partition coefficient (Wildman–Crippen LogP) is -0.576. The number of esters is 1. The fourth-order valence-electron chi connectivity index (χ4n) is 5.84. The quantitative estimate of drug-likeness (QED) is 0.0441. The van der Waals surface area contributed by atoms with Crippen LogP contribution in [0.3, 0.4) is 0 Å². The number of amides is 8. The van der Waals surface area contributed by atoms with Crippen LogP contribution in [0.1, 0.15) is 83.6 Å². The van der Waals surface area contributed by atoms with Gasteiger partial charge in [-0.05, 0) is 31.2 Å². The normalized spacial score (nSPS) is 13.1. The largest absolute Gasteiger partial charge is 0.460 e. The van der Waals surface area contributed by atoms with Crippen molar-refractivity contribution < 1.29 is 52.6 Å². The maximum absolute atomic E-state index is 12.8. The molecule has 1 aromatic carbocycles. The number of rotatable bonds is 29. The summed E-state index contributed by atoms with van der Waals surface area (Å²) in [5.41, 5.74) is 0.787. The molecular weight excluding hydrogens is 768 g/mol. The second-order valence-electron chi connectivity index (χ2n) is 14.0. The SMILES string of the molecule is CCCCCCN(CCCCCC)C(=O)COCC(=O)NCC(=O)NCC(=O)NCC(=O)N1CCC[C@H]1C(=O)NCC(=O)NCC(=O)NCC(=O)OCc1ccccc1. The number of hydrogen-bond donors (Lipinski definition) is 6. The Labute approximate surface area is 345 Å². The van der Waals surface area contributed by atoms with E-state index in [0.29, 0.717) is 25.9 Å². The van der Waals surface area contributed by atoms with Gasteiger partial charge in [-0.3, -0.25) is 43.2 Å². The number of carbonyl (C=O) groups is 9. The van der Waals surface area contributed by atoms with E-state index in [1.54, 1.807) is 29.2 Å². The van der Waals surface area contributed by atoms with Gasteiger partial charge in [-0.2, -0.15) is 0 Å². The minimum absolute atomic E-state index is 0.0516. The summed E-state index contributed by atoms with van der Waals surface area (Å²) < 4.78 is 10.4. The second-order valence-corrected chi connectivity index (χ2v) is 14.0. The molecule has 1 aliphatic rings. The zero-order valence-electron chi connectivity index (χ0n) is 34.4. The van der Waals surface area contributed by atoms with Crippen molar-refractivity contribution in [3.8, 4) is 0 Å². The molecule has 0 radical (unpaired) electrons. The van der Waals surface area contributed by atoms with Crippen molar-refractivity contribution in [2.45, 2.75) is 90.7 Å². The molecule has 1 heterocycles. The fraction of sp³-hybridized carbons (Fsp3) is 0.625. The van der Waals surface area contributed by atoms with Crippen molar-refractivity contribution in [1.29, 1.82) is 0 Å². The molecule has 19 heteroatoms. The Morgan fingerprint density at radius 3 is 1.73 bits per heavy atom. The Kier molecular flexibility index (Phi) is 24.9. The van der Waals surface area contributed by atoms with E-state index in [1.807, 2.05) is 6.07 Å². The molecule has 59 heavy (non-hydrogen) atoms. The monoisotopic (exact) mass is 830 g/mol. The van der Waals surface area contributed by atoms with Gasteiger partial charge in [0.2, 0.25) is 47.3 Å². The summed E-state index contributed by atoms with van der Waals surface area (Å²) in [6.07, 6.45) is 9.14. The number of benzene rings is 1. The lowest BCUT2D eigenvalue weighted by atomic mass is 10.1. The van der Waals surface area contributed by atoms with E-state index in [4.69, 9.17) is 9.47 Å². The van der Waals surface area contributed by atoms with E-state index in [1.165, 1.54) is 4.90 Å². The fourth-order valence-corrected chi connectivity index (χ4v) is 5.84. The van der Waals surface area contributed by atoms with Crippen molar-refractivity contribution >= 4 is 53.2 Å². The molecule has 8 amide bonds. The maximum Gasteiger partial charge on any atom is 0.325 e. The van der Waals surface area contributed by atoms with E-state index in [2.05, 4.69) is 45.7 Å². The third-order valence-corrected chi connectivity index (χ3v) is 9.12. The van der Waals surface area contributed by atoms with Gasteiger partial charge in [0.05, 0.1) is 32.7 Å². The van der Waals surface area contributed by atoms with Crippen molar-refractivity contribution in [3.05, 3.63) is 35.9 Å². The Morgan fingerprint density at radius 1 is 0.627 bits per heavy atom. The summed E-state index contributed by atoms with van der Waals surface area (Å²) in [6.45, 7) is 2.50. The summed E-state index contributed by atoms with van der Waals surface area (Å²) in [5, 5.41) is 14.2. The highest BCUT2D eigenvalue weighted by molar-refractivity contribution is 5.94. The van der Waals surface area contributed by atoms with Crippen LogP contribution in [-0.4, -0.2) is 141 Å².